The summed E-state index contributed by atoms with van der Waals surface area (Å²) in [5, 5.41) is 14.5. The van der Waals surface area contributed by atoms with Crippen molar-refractivity contribution in [2.24, 2.45) is 0 Å². The van der Waals surface area contributed by atoms with E-state index < -0.39 is 24.4 Å². The summed E-state index contributed by atoms with van der Waals surface area (Å²) >= 11 is 0. The number of hydrogen-bond acceptors (Lipinski definition) is 2. The van der Waals surface area contributed by atoms with E-state index in [-0.39, 0.29) is 5.56 Å². The lowest BCUT2D eigenvalue weighted by molar-refractivity contribution is -0.263. The Morgan fingerprint density at radius 3 is 2.00 bits per heavy atom. The van der Waals surface area contributed by atoms with E-state index >= 15 is 0 Å². The van der Waals surface area contributed by atoms with Gasteiger partial charge in [0, 0.05) is 5.69 Å². The van der Waals surface area contributed by atoms with E-state index in [2.05, 4.69) is 10.6 Å². The zero-order valence-electron chi connectivity index (χ0n) is 12.0. The van der Waals surface area contributed by atoms with Gasteiger partial charge in [0.15, 0.2) is 0 Å². The monoisotopic (exact) mass is 324 g/mol. The predicted octanol–water partition coefficient (Wildman–Crippen LogP) is 3.26. The normalized spacial score (nSPS) is 13.9. The van der Waals surface area contributed by atoms with Gasteiger partial charge in [0.1, 0.15) is 0 Å². The molecule has 0 saturated carbocycles. The fourth-order valence-corrected chi connectivity index (χ4v) is 1.98. The minimum absolute atomic E-state index is 0.340. The molecule has 1 atom stereocenters. The van der Waals surface area contributed by atoms with E-state index in [9.17, 15) is 23.1 Å². The van der Waals surface area contributed by atoms with Crippen molar-refractivity contribution in [1.29, 1.82) is 0 Å². The molecule has 0 aliphatic heterocycles. The largest absolute Gasteiger partial charge is 0.423 e. The fourth-order valence-electron chi connectivity index (χ4n) is 1.98. The highest BCUT2D eigenvalue weighted by molar-refractivity contribution is 5.89. The molecular weight excluding hydrogens is 309 g/mol. The Morgan fingerprint density at radius 2 is 1.48 bits per heavy atom. The third-order valence-corrected chi connectivity index (χ3v) is 3.26. The molecule has 0 aliphatic rings. The van der Waals surface area contributed by atoms with Crippen molar-refractivity contribution in [3.05, 3.63) is 66.2 Å². The van der Waals surface area contributed by atoms with Crippen LogP contribution in [0.1, 0.15) is 5.56 Å². The number of carbonyl (C=O) groups excluding carboxylic acids is 1. The summed E-state index contributed by atoms with van der Waals surface area (Å²) in [5.74, 6) is 0. The summed E-state index contributed by atoms with van der Waals surface area (Å²) in [4.78, 5) is 11.7. The highest BCUT2D eigenvalue weighted by atomic mass is 19.4. The summed E-state index contributed by atoms with van der Waals surface area (Å²) in [6.07, 6.45) is -4.94. The number of hydrogen-bond donors (Lipinski definition) is 3. The molecule has 2 aromatic carbocycles. The molecule has 0 saturated heterocycles. The van der Waals surface area contributed by atoms with Crippen molar-refractivity contribution in [3.8, 4) is 0 Å². The Kier molecular flexibility index (Phi) is 4.90. The van der Waals surface area contributed by atoms with E-state index in [4.69, 9.17) is 0 Å². The Bertz CT molecular complexity index is 647. The summed E-state index contributed by atoms with van der Waals surface area (Å²) < 4.78 is 39.7. The number of anilines is 1. The summed E-state index contributed by atoms with van der Waals surface area (Å²) in [7, 11) is 0. The molecular formula is C16H15F3N2O2. The maximum Gasteiger partial charge on any atom is 0.423 e. The third kappa shape index (κ3) is 4.01. The molecule has 0 radical (unpaired) electrons. The molecule has 0 spiro atoms. The van der Waals surface area contributed by atoms with Crippen molar-refractivity contribution in [2.45, 2.75) is 11.8 Å². The molecule has 2 amide bonds. The van der Waals surface area contributed by atoms with Gasteiger partial charge in [0.2, 0.25) is 5.60 Å². The Balaban J connectivity index is 2.09. The quantitative estimate of drug-likeness (QED) is 0.808. The molecule has 7 heteroatoms. The number of amides is 2. The van der Waals surface area contributed by atoms with Crippen LogP contribution in [0, 0.1) is 0 Å². The highest BCUT2D eigenvalue weighted by Gasteiger charge is 2.55. The van der Waals surface area contributed by atoms with Crippen LogP contribution >= 0.6 is 0 Å². The SMILES string of the molecule is O=C(NCC(O)(c1ccccc1)C(F)(F)F)Nc1ccccc1. The fraction of sp³-hybridized carbons (Fsp3) is 0.188. The van der Waals surface area contributed by atoms with Gasteiger partial charge in [-0.3, -0.25) is 0 Å². The van der Waals surface area contributed by atoms with Gasteiger partial charge in [0.25, 0.3) is 0 Å². The van der Waals surface area contributed by atoms with E-state index in [1.54, 1.807) is 30.3 Å². The second kappa shape index (κ2) is 6.70. The van der Waals surface area contributed by atoms with Crippen molar-refractivity contribution < 1.29 is 23.1 Å². The molecule has 3 N–H and O–H groups in total. The number of halogens is 3. The molecule has 0 aliphatic carbocycles. The van der Waals surface area contributed by atoms with Crippen LogP contribution in [0.15, 0.2) is 60.7 Å². The maximum absolute atomic E-state index is 13.2. The van der Waals surface area contributed by atoms with Gasteiger partial charge in [-0.1, -0.05) is 48.5 Å². The Morgan fingerprint density at radius 1 is 0.957 bits per heavy atom. The lowest BCUT2D eigenvalue weighted by Gasteiger charge is -2.31. The smallest absolute Gasteiger partial charge is 0.375 e. The lowest BCUT2D eigenvalue weighted by atomic mass is 9.93. The van der Waals surface area contributed by atoms with Crippen LogP contribution < -0.4 is 10.6 Å². The van der Waals surface area contributed by atoms with Crippen molar-refractivity contribution in [2.75, 3.05) is 11.9 Å². The van der Waals surface area contributed by atoms with E-state index in [1.165, 1.54) is 18.2 Å². The highest BCUT2D eigenvalue weighted by Crippen LogP contribution is 2.38. The summed E-state index contributed by atoms with van der Waals surface area (Å²) in [6.45, 7) is -1.00. The van der Waals surface area contributed by atoms with Gasteiger partial charge in [-0.25, -0.2) is 4.79 Å². The van der Waals surface area contributed by atoms with Gasteiger partial charge in [-0.15, -0.1) is 0 Å². The molecule has 122 valence electrons. The third-order valence-electron chi connectivity index (χ3n) is 3.26. The molecule has 23 heavy (non-hydrogen) atoms. The summed E-state index contributed by atoms with van der Waals surface area (Å²) in [5.41, 5.74) is -3.07. The van der Waals surface area contributed by atoms with Crippen LogP contribution in [0.2, 0.25) is 0 Å². The van der Waals surface area contributed by atoms with E-state index in [0.717, 1.165) is 12.1 Å². The topological polar surface area (TPSA) is 61.4 Å². The molecule has 2 aromatic rings. The zero-order chi connectivity index (χ0) is 16.9. The van der Waals surface area contributed by atoms with Crippen LogP contribution in [0.5, 0.6) is 0 Å². The van der Waals surface area contributed by atoms with Crippen molar-refractivity contribution in [1.82, 2.24) is 5.32 Å². The average molecular weight is 324 g/mol. The van der Waals surface area contributed by atoms with Crippen LogP contribution in [-0.4, -0.2) is 23.9 Å². The van der Waals surface area contributed by atoms with Gasteiger partial charge < -0.3 is 15.7 Å². The number of alkyl halides is 3. The lowest BCUT2D eigenvalue weighted by Crippen LogP contribution is -2.51. The van der Waals surface area contributed by atoms with Crippen molar-refractivity contribution in [3.63, 3.8) is 0 Å². The number of nitrogens with one attached hydrogen (secondary N) is 2. The second-order valence-corrected chi connectivity index (χ2v) is 4.90. The van der Waals surface area contributed by atoms with E-state index in [1.807, 2.05) is 0 Å². The minimum atomic E-state index is -4.94. The molecule has 0 heterocycles. The molecule has 0 fully saturated rings. The molecule has 1 unspecified atom stereocenters. The predicted molar refractivity (Wildman–Crippen MR) is 79.9 cm³/mol. The number of rotatable bonds is 4. The number of para-hydroxylation sites is 1. The van der Waals surface area contributed by atoms with Crippen LogP contribution in [-0.2, 0) is 5.60 Å². The van der Waals surface area contributed by atoms with Crippen molar-refractivity contribution >= 4 is 11.7 Å². The number of benzene rings is 2. The van der Waals surface area contributed by atoms with Gasteiger partial charge in [0.05, 0.1) is 6.54 Å². The van der Waals surface area contributed by atoms with Gasteiger partial charge in [-0.05, 0) is 17.7 Å². The zero-order valence-corrected chi connectivity index (χ0v) is 12.0. The summed E-state index contributed by atoms with van der Waals surface area (Å²) in [6, 6.07) is 14.0. The first-order valence-electron chi connectivity index (χ1n) is 6.77. The van der Waals surface area contributed by atoms with Gasteiger partial charge >= 0.3 is 12.2 Å². The minimum Gasteiger partial charge on any atom is -0.375 e. The average Bonchev–Trinajstić information content (AvgIpc) is 2.53. The van der Waals surface area contributed by atoms with Crippen LogP contribution in [0.4, 0.5) is 23.7 Å². The van der Waals surface area contributed by atoms with Gasteiger partial charge in [-0.2, -0.15) is 13.2 Å². The Hall–Kier alpha value is -2.54. The van der Waals surface area contributed by atoms with Crippen LogP contribution in [0.25, 0.3) is 0 Å². The Labute approximate surface area is 131 Å². The molecule has 0 bridgehead atoms. The van der Waals surface area contributed by atoms with E-state index in [0.29, 0.717) is 5.69 Å². The standard InChI is InChI=1S/C16H15F3N2O2/c17-16(18,19)15(23,12-7-3-1-4-8-12)11-20-14(22)21-13-9-5-2-6-10-13/h1-10,23H,11H2,(H2,20,21,22). The number of urea groups is 1. The molecule has 2 rings (SSSR count). The first-order valence-corrected chi connectivity index (χ1v) is 6.77. The van der Waals surface area contributed by atoms with Crippen LogP contribution in [0.3, 0.4) is 0 Å². The molecule has 4 nitrogen and oxygen atoms in total. The second-order valence-electron chi connectivity index (χ2n) is 4.90. The number of carbonyl (C=O) groups is 1. The number of aliphatic hydroxyl groups is 1. The molecule has 0 aromatic heterocycles. The first-order chi connectivity index (χ1) is 10.8. The first kappa shape index (κ1) is 16.8. The maximum atomic E-state index is 13.2.